The lowest BCUT2D eigenvalue weighted by Crippen LogP contribution is -2.45. The molecule has 1 aromatic heterocycles. The number of carbonyl (C=O) groups is 4. The molecule has 176 valence electrons. The number of amides is 1. The van der Waals surface area contributed by atoms with Gasteiger partial charge in [-0.2, -0.15) is 0 Å². The van der Waals surface area contributed by atoms with Crippen molar-refractivity contribution in [2.24, 2.45) is 11.7 Å². The molecular weight excluding hydrogens is 434 g/mol. The minimum Gasteiger partial charge on any atom is -0.481 e. The lowest BCUT2D eigenvalue weighted by Gasteiger charge is -2.18. The maximum absolute atomic E-state index is 12.6. The van der Waals surface area contributed by atoms with E-state index in [0.717, 1.165) is 0 Å². The molecule has 0 saturated carbocycles. The second-order valence-corrected chi connectivity index (χ2v) is 7.28. The molecule has 0 fully saturated rings. The number of hydrogen-bond acceptors (Lipinski definition) is 7. The van der Waals surface area contributed by atoms with Crippen LogP contribution in [0, 0.1) is 11.3 Å². The van der Waals surface area contributed by atoms with E-state index in [-0.39, 0.29) is 23.8 Å². The number of carboxylic acid groups (broad SMARTS) is 2. The van der Waals surface area contributed by atoms with E-state index in [4.69, 9.17) is 30.5 Å². The Morgan fingerprint density at radius 3 is 2.33 bits per heavy atom. The van der Waals surface area contributed by atoms with Gasteiger partial charge in [-0.25, -0.2) is 9.59 Å². The first-order chi connectivity index (χ1) is 15.6. The average Bonchev–Trinajstić information content (AvgIpc) is 3.21. The molecule has 1 aromatic carbocycles. The van der Waals surface area contributed by atoms with Gasteiger partial charge in [0.15, 0.2) is 0 Å². The van der Waals surface area contributed by atoms with Gasteiger partial charge in [-0.3, -0.25) is 15.0 Å². The van der Waals surface area contributed by atoms with E-state index >= 15 is 0 Å². The highest BCUT2D eigenvalue weighted by Gasteiger charge is 2.28. The van der Waals surface area contributed by atoms with E-state index in [1.165, 1.54) is 36.4 Å². The molecule has 0 aliphatic carbocycles. The minimum atomic E-state index is -1.55. The molecule has 0 aliphatic rings. The van der Waals surface area contributed by atoms with Crippen LogP contribution in [0.3, 0.4) is 0 Å². The van der Waals surface area contributed by atoms with Gasteiger partial charge in [0.1, 0.15) is 23.4 Å². The normalized spacial score (nSPS) is 12.4. The molecule has 6 N–H and O–H groups in total. The number of benzene rings is 1. The SMILES string of the molecule is CCCC(Cc1ccc(C(=O)Oc2ccc(C(=N)N)cc2)o1)C(=O)N[C@H](CC(=O)O)C(=O)O. The number of nitrogen functional groups attached to an aromatic ring is 1. The van der Waals surface area contributed by atoms with Crippen LogP contribution < -0.4 is 15.8 Å². The van der Waals surface area contributed by atoms with Crippen molar-refractivity contribution in [1.29, 1.82) is 5.41 Å². The predicted octanol–water partition coefficient (Wildman–Crippen LogP) is 1.79. The van der Waals surface area contributed by atoms with Crippen molar-refractivity contribution in [3.8, 4) is 5.75 Å². The van der Waals surface area contributed by atoms with E-state index in [0.29, 0.717) is 24.2 Å². The number of aliphatic carboxylic acids is 2. The van der Waals surface area contributed by atoms with Crippen LogP contribution in [0.1, 0.15) is 48.1 Å². The standard InChI is InChI=1S/C22H25N3O8/c1-2-3-13(20(28)25-16(21(29)30)11-18(26)27)10-15-8-9-17(32-15)22(31)33-14-6-4-12(5-7-14)19(23)24/h4-9,13,16H,2-3,10-11H2,1H3,(H3,23,24)(H,25,28)(H,26,27)(H,29,30)/t13?,16-/m1/s1. The first kappa shape index (κ1) is 25.1. The van der Waals surface area contributed by atoms with Gasteiger partial charge in [-0.15, -0.1) is 0 Å². The highest BCUT2D eigenvalue weighted by molar-refractivity contribution is 5.95. The van der Waals surface area contributed by atoms with E-state index in [9.17, 15) is 19.2 Å². The van der Waals surface area contributed by atoms with Gasteiger partial charge in [-0.1, -0.05) is 13.3 Å². The van der Waals surface area contributed by atoms with Crippen molar-refractivity contribution >= 4 is 29.7 Å². The third-order valence-corrected chi connectivity index (χ3v) is 4.69. The number of amidine groups is 1. The van der Waals surface area contributed by atoms with Crippen molar-refractivity contribution < 1.29 is 38.5 Å². The zero-order chi connectivity index (χ0) is 24.5. The number of furan rings is 1. The first-order valence-corrected chi connectivity index (χ1v) is 10.1. The molecule has 0 spiro atoms. The number of rotatable bonds is 12. The van der Waals surface area contributed by atoms with Crippen molar-refractivity contribution in [3.05, 3.63) is 53.5 Å². The zero-order valence-electron chi connectivity index (χ0n) is 17.9. The molecule has 0 saturated heterocycles. The van der Waals surface area contributed by atoms with E-state index in [2.05, 4.69) is 5.32 Å². The van der Waals surface area contributed by atoms with Crippen molar-refractivity contribution in [1.82, 2.24) is 5.32 Å². The second-order valence-electron chi connectivity index (χ2n) is 7.28. The van der Waals surface area contributed by atoms with Crippen LogP contribution in [0.5, 0.6) is 5.75 Å². The van der Waals surface area contributed by atoms with Crippen LogP contribution in [0.25, 0.3) is 0 Å². The summed E-state index contributed by atoms with van der Waals surface area (Å²) in [6, 6.07) is 7.38. The molecule has 0 radical (unpaired) electrons. The molecule has 11 nitrogen and oxygen atoms in total. The topological polar surface area (TPSA) is 193 Å². The monoisotopic (exact) mass is 459 g/mol. The highest BCUT2D eigenvalue weighted by Crippen LogP contribution is 2.20. The molecule has 33 heavy (non-hydrogen) atoms. The summed E-state index contributed by atoms with van der Waals surface area (Å²) in [6.45, 7) is 1.84. The fourth-order valence-electron chi connectivity index (χ4n) is 3.04. The fourth-order valence-corrected chi connectivity index (χ4v) is 3.04. The Hall–Kier alpha value is -4.15. The smallest absolute Gasteiger partial charge is 0.379 e. The number of ether oxygens (including phenoxy) is 1. The summed E-state index contributed by atoms with van der Waals surface area (Å²) < 4.78 is 10.7. The molecule has 2 atom stereocenters. The molecule has 2 rings (SSSR count). The second kappa shape index (κ2) is 11.5. The van der Waals surface area contributed by atoms with Crippen LogP contribution in [0.2, 0.25) is 0 Å². The average molecular weight is 459 g/mol. The number of esters is 1. The number of carbonyl (C=O) groups excluding carboxylic acids is 2. The highest BCUT2D eigenvalue weighted by atomic mass is 16.5. The van der Waals surface area contributed by atoms with E-state index < -0.39 is 42.2 Å². The maximum Gasteiger partial charge on any atom is 0.379 e. The zero-order valence-corrected chi connectivity index (χ0v) is 17.9. The lowest BCUT2D eigenvalue weighted by molar-refractivity contribution is -0.147. The summed E-state index contributed by atoms with van der Waals surface area (Å²) in [7, 11) is 0. The number of nitrogens with one attached hydrogen (secondary N) is 2. The van der Waals surface area contributed by atoms with Crippen LogP contribution in [0.4, 0.5) is 0 Å². The summed E-state index contributed by atoms with van der Waals surface area (Å²) in [5, 5.41) is 27.6. The van der Waals surface area contributed by atoms with Gasteiger partial charge < -0.3 is 30.4 Å². The summed E-state index contributed by atoms with van der Waals surface area (Å²) in [5.74, 6) is -4.52. The Morgan fingerprint density at radius 1 is 1.12 bits per heavy atom. The number of nitrogens with two attached hydrogens (primary N) is 1. The summed E-state index contributed by atoms with van der Waals surface area (Å²) >= 11 is 0. The van der Waals surface area contributed by atoms with E-state index in [1.54, 1.807) is 0 Å². The molecule has 1 heterocycles. The summed E-state index contributed by atoms with van der Waals surface area (Å²) in [5.41, 5.74) is 5.86. The molecule has 1 unspecified atom stereocenters. The Labute approximate surface area is 189 Å². The molecule has 0 bridgehead atoms. The van der Waals surface area contributed by atoms with Crippen LogP contribution in [-0.4, -0.2) is 45.9 Å². The summed E-state index contributed by atoms with van der Waals surface area (Å²) in [4.78, 5) is 47.0. The lowest BCUT2D eigenvalue weighted by atomic mass is 9.97. The third-order valence-electron chi connectivity index (χ3n) is 4.69. The maximum atomic E-state index is 12.6. The molecule has 0 aliphatic heterocycles. The fraction of sp³-hybridized carbons (Fsp3) is 0.318. The number of carboxylic acids is 2. The van der Waals surface area contributed by atoms with Crippen molar-refractivity contribution in [2.75, 3.05) is 0 Å². The largest absolute Gasteiger partial charge is 0.481 e. The van der Waals surface area contributed by atoms with E-state index in [1.807, 2.05) is 6.92 Å². The van der Waals surface area contributed by atoms with Gasteiger partial charge in [0.25, 0.3) is 0 Å². The van der Waals surface area contributed by atoms with Crippen molar-refractivity contribution in [2.45, 2.75) is 38.6 Å². The first-order valence-electron chi connectivity index (χ1n) is 10.1. The van der Waals surface area contributed by atoms with Gasteiger partial charge in [-0.05, 0) is 42.8 Å². The Bertz CT molecular complexity index is 1030. The van der Waals surface area contributed by atoms with Gasteiger partial charge >= 0.3 is 17.9 Å². The predicted molar refractivity (Wildman–Crippen MR) is 115 cm³/mol. The van der Waals surface area contributed by atoms with Gasteiger partial charge in [0.05, 0.1) is 6.42 Å². The van der Waals surface area contributed by atoms with Crippen molar-refractivity contribution in [3.63, 3.8) is 0 Å². The molecule has 2 aromatic rings. The molecule has 1 amide bonds. The summed E-state index contributed by atoms with van der Waals surface area (Å²) in [6.07, 6.45) is 0.346. The van der Waals surface area contributed by atoms with Gasteiger partial charge in [0.2, 0.25) is 11.7 Å². The quantitative estimate of drug-likeness (QED) is 0.136. The third kappa shape index (κ3) is 7.49. The Morgan fingerprint density at radius 2 is 1.79 bits per heavy atom. The van der Waals surface area contributed by atoms with Gasteiger partial charge in [0, 0.05) is 17.9 Å². The van der Waals surface area contributed by atoms with Crippen LogP contribution >= 0.6 is 0 Å². The minimum absolute atomic E-state index is 0.0830. The molecular formula is C22H25N3O8. The van der Waals surface area contributed by atoms with Crippen LogP contribution in [0.15, 0.2) is 40.8 Å². The van der Waals surface area contributed by atoms with Crippen LogP contribution in [-0.2, 0) is 20.8 Å². The number of hydrogen-bond donors (Lipinski definition) is 5. The Balaban J connectivity index is 2.04. The molecule has 11 heteroatoms. The Kier molecular flexibility index (Phi) is 8.72.